The Morgan fingerprint density at radius 1 is 1.25 bits per heavy atom. The van der Waals surface area contributed by atoms with Crippen molar-refractivity contribution in [2.24, 2.45) is 0 Å². The number of non-ortho nitro benzene ring substituents is 1. The van der Waals surface area contributed by atoms with Gasteiger partial charge in [-0.1, -0.05) is 41.9 Å². The van der Waals surface area contributed by atoms with E-state index in [0.29, 0.717) is 20.7 Å². The van der Waals surface area contributed by atoms with Crippen LogP contribution in [0, 0.1) is 10.1 Å². The number of thioether (sulfide) groups is 1. The predicted octanol–water partition coefficient (Wildman–Crippen LogP) is 2.63. The normalized spacial score (nSPS) is 16.0. The van der Waals surface area contributed by atoms with Crippen LogP contribution in [0.2, 0.25) is 0 Å². The second-order valence-corrected chi connectivity index (χ2v) is 8.36. The Bertz CT molecular complexity index is 1180. The molecule has 0 unspecified atom stereocenters. The van der Waals surface area contributed by atoms with Crippen LogP contribution in [0.25, 0.3) is 6.08 Å². The number of nitrogens with zero attached hydrogens (tertiary/aromatic N) is 2. The van der Waals surface area contributed by atoms with Gasteiger partial charge in [0, 0.05) is 30.8 Å². The van der Waals surface area contributed by atoms with Crippen LogP contribution in [-0.4, -0.2) is 39.3 Å². The Balaban J connectivity index is 1.39. The van der Waals surface area contributed by atoms with E-state index in [2.05, 4.69) is 5.32 Å². The molecule has 1 fully saturated rings. The first-order chi connectivity index (χ1) is 15.3. The second-order valence-electron chi connectivity index (χ2n) is 6.68. The Hall–Kier alpha value is -3.64. The van der Waals surface area contributed by atoms with E-state index >= 15 is 0 Å². The molecule has 0 aromatic heterocycles. The SMILES string of the molecule is O=C(CCN1C(=O)C(=Cc2ccc3c(c2)OCO3)SC1=S)Nc1cc([N+](=O)[O-])ccc1[O-]. The van der Waals surface area contributed by atoms with Crippen molar-refractivity contribution < 1.29 is 29.1 Å². The number of anilines is 1. The minimum absolute atomic E-state index is 0.00189. The molecule has 2 aromatic rings. The first-order valence-corrected chi connectivity index (χ1v) is 10.4. The van der Waals surface area contributed by atoms with Gasteiger partial charge in [0.25, 0.3) is 11.6 Å². The standard InChI is InChI=1S/C20H15N3O7S2/c24-14-3-2-12(23(27)28)9-13(14)21-18(25)5-6-22-19(26)17(32-20(22)31)8-11-1-4-15-16(7-11)30-10-29-15/h1-4,7-9,24H,5-6,10H2,(H,21,25)/p-1. The van der Waals surface area contributed by atoms with E-state index in [4.69, 9.17) is 21.7 Å². The van der Waals surface area contributed by atoms with Crippen molar-refractivity contribution in [2.75, 3.05) is 18.7 Å². The minimum atomic E-state index is -0.665. The zero-order valence-corrected chi connectivity index (χ0v) is 17.9. The largest absolute Gasteiger partial charge is 0.871 e. The monoisotopic (exact) mass is 472 g/mol. The van der Waals surface area contributed by atoms with Crippen LogP contribution in [0.3, 0.4) is 0 Å². The van der Waals surface area contributed by atoms with Gasteiger partial charge in [-0.15, -0.1) is 0 Å². The molecular formula is C20H14N3O7S2-. The number of carbonyl (C=O) groups excluding carboxylic acids is 2. The number of amides is 2. The number of ether oxygens (including phenoxy) is 2. The van der Waals surface area contributed by atoms with Crippen molar-refractivity contribution in [3.8, 4) is 17.2 Å². The van der Waals surface area contributed by atoms with Crippen LogP contribution < -0.4 is 19.9 Å². The molecule has 2 amide bonds. The lowest BCUT2D eigenvalue weighted by Gasteiger charge is -2.16. The fraction of sp³-hybridized carbons (Fsp3) is 0.150. The van der Waals surface area contributed by atoms with Crippen LogP contribution in [-0.2, 0) is 9.59 Å². The number of nitro groups is 1. The molecule has 0 spiro atoms. The maximum atomic E-state index is 12.7. The third kappa shape index (κ3) is 4.50. The molecule has 4 rings (SSSR count). The fourth-order valence-corrected chi connectivity index (χ4v) is 4.31. The number of nitrogens with one attached hydrogen (secondary N) is 1. The highest BCUT2D eigenvalue weighted by Crippen LogP contribution is 2.36. The van der Waals surface area contributed by atoms with Crippen molar-refractivity contribution >= 4 is 57.6 Å². The van der Waals surface area contributed by atoms with Crippen molar-refractivity contribution in [3.05, 3.63) is 57.0 Å². The maximum Gasteiger partial charge on any atom is 0.271 e. The van der Waals surface area contributed by atoms with Crippen LogP contribution >= 0.6 is 24.0 Å². The molecule has 0 atom stereocenters. The number of fused-ring (bicyclic) bond motifs is 1. The average molecular weight is 472 g/mol. The third-order valence-electron chi connectivity index (χ3n) is 4.58. The highest BCUT2D eigenvalue weighted by atomic mass is 32.2. The Kier molecular flexibility index (Phi) is 5.97. The van der Waals surface area contributed by atoms with Crippen LogP contribution in [0.15, 0.2) is 41.3 Å². The van der Waals surface area contributed by atoms with E-state index in [1.807, 2.05) is 0 Å². The molecule has 2 aromatic carbocycles. The molecule has 12 heteroatoms. The molecule has 2 aliphatic heterocycles. The fourth-order valence-electron chi connectivity index (χ4n) is 3.00. The van der Waals surface area contributed by atoms with E-state index in [1.54, 1.807) is 24.3 Å². The molecular weight excluding hydrogens is 458 g/mol. The molecule has 2 heterocycles. The summed E-state index contributed by atoms with van der Waals surface area (Å²) < 4.78 is 10.9. The third-order valence-corrected chi connectivity index (χ3v) is 5.96. The number of hydrogen-bond donors (Lipinski definition) is 1. The van der Waals surface area contributed by atoms with Gasteiger partial charge in [-0.2, -0.15) is 0 Å². The summed E-state index contributed by atoms with van der Waals surface area (Å²) in [5.74, 6) is -0.251. The van der Waals surface area contributed by atoms with Gasteiger partial charge in [0.1, 0.15) is 4.32 Å². The summed E-state index contributed by atoms with van der Waals surface area (Å²) in [7, 11) is 0. The Morgan fingerprint density at radius 2 is 2.03 bits per heavy atom. The number of nitro benzene ring substituents is 1. The summed E-state index contributed by atoms with van der Waals surface area (Å²) in [4.78, 5) is 36.9. The van der Waals surface area contributed by atoms with Gasteiger partial charge in [0.05, 0.1) is 9.83 Å². The molecule has 32 heavy (non-hydrogen) atoms. The Labute approximate surface area is 190 Å². The smallest absolute Gasteiger partial charge is 0.271 e. The molecule has 164 valence electrons. The highest BCUT2D eigenvalue weighted by molar-refractivity contribution is 8.26. The molecule has 0 radical (unpaired) electrons. The number of benzene rings is 2. The van der Waals surface area contributed by atoms with Crippen LogP contribution in [0.5, 0.6) is 17.2 Å². The predicted molar refractivity (Wildman–Crippen MR) is 118 cm³/mol. The Morgan fingerprint density at radius 3 is 2.81 bits per heavy atom. The van der Waals surface area contributed by atoms with Crippen LogP contribution in [0.4, 0.5) is 11.4 Å². The summed E-state index contributed by atoms with van der Waals surface area (Å²) in [5.41, 5.74) is 0.226. The summed E-state index contributed by atoms with van der Waals surface area (Å²) in [6, 6.07) is 8.35. The number of carbonyl (C=O) groups is 2. The lowest BCUT2D eigenvalue weighted by molar-refractivity contribution is -0.385. The van der Waals surface area contributed by atoms with Gasteiger partial charge in [0.2, 0.25) is 12.7 Å². The molecule has 1 saturated heterocycles. The average Bonchev–Trinajstić information content (AvgIpc) is 3.32. The summed E-state index contributed by atoms with van der Waals surface area (Å²) in [6.07, 6.45) is 1.53. The van der Waals surface area contributed by atoms with Crippen molar-refractivity contribution in [1.82, 2.24) is 4.90 Å². The van der Waals surface area contributed by atoms with Crippen molar-refractivity contribution in [3.63, 3.8) is 0 Å². The topological polar surface area (TPSA) is 134 Å². The molecule has 0 saturated carbocycles. The lowest BCUT2D eigenvalue weighted by atomic mass is 10.2. The van der Waals surface area contributed by atoms with Crippen molar-refractivity contribution in [1.29, 1.82) is 0 Å². The number of rotatable bonds is 6. The summed E-state index contributed by atoms with van der Waals surface area (Å²) >= 11 is 6.38. The van der Waals surface area contributed by atoms with Crippen LogP contribution in [0.1, 0.15) is 12.0 Å². The summed E-state index contributed by atoms with van der Waals surface area (Å²) in [5, 5.41) is 25.0. The summed E-state index contributed by atoms with van der Waals surface area (Å²) in [6.45, 7) is 0.144. The lowest BCUT2D eigenvalue weighted by Crippen LogP contribution is -2.31. The molecule has 0 bridgehead atoms. The highest BCUT2D eigenvalue weighted by Gasteiger charge is 2.32. The van der Waals surface area contributed by atoms with Gasteiger partial charge in [0.15, 0.2) is 11.5 Å². The first-order valence-electron chi connectivity index (χ1n) is 9.22. The van der Waals surface area contributed by atoms with E-state index < -0.39 is 16.6 Å². The van der Waals surface area contributed by atoms with E-state index in [9.17, 15) is 24.8 Å². The van der Waals surface area contributed by atoms with Gasteiger partial charge < -0.3 is 19.9 Å². The second kappa shape index (κ2) is 8.85. The maximum absolute atomic E-state index is 12.7. The molecule has 1 N–H and O–H groups in total. The molecule has 2 aliphatic rings. The van der Waals surface area contributed by atoms with E-state index in [0.717, 1.165) is 35.5 Å². The quantitative estimate of drug-likeness (QED) is 0.291. The van der Waals surface area contributed by atoms with Gasteiger partial charge in [-0.25, -0.2) is 0 Å². The molecule has 10 nitrogen and oxygen atoms in total. The van der Waals surface area contributed by atoms with Gasteiger partial charge >= 0.3 is 0 Å². The molecule has 0 aliphatic carbocycles. The number of thiocarbonyl (C=S) groups is 1. The van der Waals surface area contributed by atoms with E-state index in [-0.39, 0.29) is 37.0 Å². The zero-order valence-electron chi connectivity index (χ0n) is 16.2. The van der Waals surface area contributed by atoms with Gasteiger partial charge in [-0.3, -0.25) is 24.6 Å². The minimum Gasteiger partial charge on any atom is -0.871 e. The zero-order chi connectivity index (χ0) is 22.8. The van der Waals surface area contributed by atoms with Crippen molar-refractivity contribution in [2.45, 2.75) is 6.42 Å². The van der Waals surface area contributed by atoms with E-state index in [1.165, 1.54) is 4.90 Å². The first kappa shape index (κ1) is 21.6. The number of hydrogen-bond acceptors (Lipinski definition) is 9. The van der Waals surface area contributed by atoms with Gasteiger partial charge in [-0.05, 0) is 23.8 Å².